The predicted molar refractivity (Wildman–Crippen MR) is 63.7 cm³/mol. The molecule has 0 saturated carbocycles. The molecule has 2 aromatic rings. The fraction of sp³-hybridized carbons (Fsp3) is 0.111. The monoisotopic (exact) mass is 527 g/mol. The van der Waals surface area contributed by atoms with E-state index in [0.717, 1.165) is 15.7 Å². The van der Waals surface area contributed by atoms with Crippen molar-refractivity contribution in [2.24, 2.45) is 0 Å². The third kappa shape index (κ3) is 3.04. The van der Waals surface area contributed by atoms with Crippen molar-refractivity contribution < 1.29 is 15.1 Å². The van der Waals surface area contributed by atoms with E-state index in [1.165, 1.54) is 5.39 Å². The molecule has 13 heavy (non-hydrogen) atoms. The molecule has 0 aliphatic carbocycles. The van der Waals surface area contributed by atoms with Crippen LogP contribution in [0, 0.1) is 6.92 Å². The van der Waals surface area contributed by atoms with Crippen LogP contribution in [0.3, 0.4) is 0 Å². The van der Waals surface area contributed by atoms with Crippen LogP contribution in [-0.4, -0.2) is 0 Å². The van der Waals surface area contributed by atoms with Gasteiger partial charge in [0.25, 0.3) is 0 Å². The Morgan fingerprint density at radius 1 is 1.31 bits per heavy atom. The summed E-state index contributed by atoms with van der Waals surface area (Å²) in [4.78, 5) is 4.34. The first-order valence-electron chi connectivity index (χ1n) is 3.59. The summed E-state index contributed by atoms with van der Waals surface area (Å²) in [6.45, 7) is 2.01. The van der Waals surface area contributed by atoms with Crippen molar-refractivity contribution in [2.75, 3.05) is 0 Å². The first-order chi connectivity index (χ1) is 6.25. The summed E-state index contributed by atoms with van der Waals surface area (Å²) in [7, 11) is 0. The number of rotatable bonds is 0. The van der Waals surface area contributed by atoms with Crippen LogP contribution in [-0.2, 0) is 15.1 Å². The summed E-state index contributed by atoms with van der Waals surface area (Å²) in [6.07, 6.45) is 0. The normalized spacial score (nSPS) is 9.54. The molecule has 0 aliphatic heterocycles. The summed E-state index contributed by atoms with van der Waals surface area (Å²) in [5.74, 6) is 0. The summed E-state index contributed by atoms with van der Waals surface area (Å²) >= 11 is 7.41. The molecule has 4 heteroatoms. The van der Waals surface area contributed by atoms with E-state index >= 15 is 0 Å². The molecule has 1 nitrogen and oxygen atoms in total. The molecule has 0 bridgehead atoms. The standard InChI is InChI=1S/C9H7BrN.HI.Os/c1-6-4-7-2-3-8(10)5-9(7)11-6;;/h2-5H,1H3;1H;/q-1;;+1/p-1. The Balaban J connectivity index is 0.000000396. The molecule has 0 fully saturated rings. The Hall–Kier alpha value is 0.606. The quantitative estimate of drug-likeness (QED) is 0.478. The number of hydrogen-bond acceptors (Lipinski definition) is 0. The maximum atomic E-state index is 4.34. The molecule has 0 atom stereocenters. The number of nitrogens with zero attached hydrogens (tertiary/aromatic N) is 1. The number of aromatic nitrogens is 1. The maximum absolute atomic E-state index is 4.34. The van der Waals surface area contributed by atoms with E-state index in [0.29, 0.717) is 0 Å². The van der Waals surface area contributed by atoms with Crippen molar-refractivity contribution in [3.8, 4) is 0 Å². The van der Waals surface area contributed by atoms with E-state index in [1.807, 2.05) is 34.1 Å². The van der Waals surface area contributed by atoms with E-state index in [9.17, 15) is 0 Å². The third-order valence-corrected chi connectivity index (χ3v) is 2.15. The Morgan fingerprint density at radius 2 is 2.00 bits per heavy atom. The van der Waals surface area contributed by atoms with Gasteiger partial charge in [0, 0.05) is 4.47 Å². The average Bonchev–Trinajstić information content (AvgIpc) is 2.48. The van der Waals surface area contributed by atoms with Crippen molar-refractivity contribution >= 4 is 46.5 Å². The van der Waals surface area contributed by atoms with Gasteiger partial charge in [-0.3, -0.25) is 0 Å². The number of fused-ring (bicyclic) bond motifs is 1. The van der Waals surface area contributed by atoms with Gasteiger partial charge in [-0.25, -0.2) is 0 Å². The summed E-state index contributed by atoms with van der Waals surface area (Å²) in [5, 5.41) is 1.21. The van der Waals surface area contributed by atoms with Gasteiger partial charge in [-0.2, -0.15) is 5.69 Å². The first-order valence-corrected chi connectivity index (χ1v) is 11.6. The molecule has 1 aromatic heterocycles. The fourth-order valence-corrected chi connectivity index (χ4v) is 1.53. The van der Waals surface area contributed by atoms with Crippen LogP contribution < -0.4 is 4.98 Å². The summed E-state index contributed by atoms with van der Waals surface area (Å²) in [6, 6.07) is 8.22. The van der Waals surface area contributed by atoms with Crippen LogP contribution in [0.15, 0.2) is 28.7 Å². The van der Waals surface area contributed by atoms with Crippen LogP contribution in [0.4, 0.5) is 0 Å². The first kappa shape index (κ1) is 11.7. The molecule has 0 aliphatic rings. The summed E-state index contributed by atoms with van der Waals surface area (Å²) in [5.41, 5.74) is 2.15. The SMILES string of the molecule is Cc1cc2ccc(Br)cc2[n-]1.[I][Os]. The van der Waals surface area contributed by atoms with E-state index < -0.39 is 0 Å². The van der Waals surface area contributed by atoms with Crippen molar-refractivity contribution in [2.45, 2.75) is 6.92 Å². The zero-order chi connectivity index (χ0) is 9.84. The molecule has 0 N–H and O–H groups in total. The molecule has 1 aromatic carbocycles. The van der Waals surface area contributed by atoms with E-state index in [4.69, 9.17) is 0 Å². The van der Waals surface area contributed by atoms with Gasteiger partial charge in [-0.15, -0.1) is 5.52 Å². The molecule has 0 amide bonds. The molecule has 0 unspecified atom stereocenters. The fourth-order valence-electron chi connectivity index (χ4n) is 1.18. The molecule has 2 rings (SSSR count). The van der Waals surface area contributed by atoms with Crippen molar-refractivity contribution in [1.29, 1.82) is 0 Å². The number of hydrogen-bond donors (Lipinski definition) is 0. The van der Waals surface area contributed by atoms with Crippen LogP contribution >= 0.6 is 35.6 Å². The second-order valence-corrected chi connectivity index (χ2v) is 3.52. The predicted octanol–water partition coefficient (Wildman–Crippen LogP) is 3.75. The Labute approximate surface area is 107 Å². The molecule has 0 spiro atoms. The number of aryl methyl sites for hydroxylation is 1. The zero-order valence-electron chi connectivity index (χ0n) is 6.87. The van der Waals surface area contributed by atoms with Gasteiger partial charge < -0.3 is 4.98 Å². The topological polar surface area (TPSA) is 14.1 Å². The molecule has 0 saturated heterocycles. The number of halogens is 2. The van der Waals surface area contributed by atoms with Crippen LogP contribution in [0.1, 0.15) is 5.69 Å². The van der Waals surface area contributed by atoms with Crippen LogP contribution in [0.25, 0.3) is 10.9 Å². The number of benzene rings is 1. The van der Waals surface area contributed by atoms with Gasteiger partial charge in [0.05, 0.1) is 0 Å². The van der Waals surface area contributed by atoms with Gasteiger partial charge in [-0.1, -0.05) is 41.1 Å². The molecule has 1 heterocycles. The van der Waals surface area contributed by atoms with Gasteiger partial charge in [0.15, 0.2) is 0 Å². The Bertz CT molecular complexity index is 399. The van der Waals surface area contributed by atoms with Crippen molar-refractivity contribution in [1.82, 2.24) is 4.98 Å². The second kappa shape index (κ2) is 5.48. The Kier molecular flexibility index (Phi) is 4.92. The Morgan fingerprint density at radius 3 is 2.69 bits per heavy atom. The second-order valence-electron chi connectivity index (χ2n) is 2.60. The van der Waals surface area contributed by atoms with Crippen LogP contribution in [0.2, 0.25) is 0 Å². The van der Waals surface area contributed by atoms with Gasteiger partial charge >= 0.3 is 34.7 Å². The van der Waals surface area contributed by atoms with Crippen LogP contribution in [0.5, 0.6) is 0 Å². The zero-order valence-corrected chi connectivity index (χ0v) is 13.1. The van der Waals surface area contributed by atoms with E-state index in [-0.39, 0.29) is 0 Å². The molecular formula is C9H7BrINOs-. The van der Waals surface area contributed by atoms with Gasteiger partial charge in [-0.05, 0) is 11.5 Å². The average molecular weight is 526 g/mol. The van der Waals surface area contributed by atoms with E-state index in [2.05, 4.69) is 52.7 Å². The molecular weight excluding hydrogens is 519 g/mol. The minimum absolute atomic E-state index is 1.07. The van der Waals surface area contributed by atoms with Gasteiger partial charge in [0.1, 0.15) is 0 Å². The summed E-state index contributed by atoms with van der Waals surface area (Å²) < 4.78 is 1.09. The van der Waals surface area contributed by atoms with E-state index in [1.54, 1.807) is 0 Å². The van der Waals surface area contributed by atoms with Crippen molar-refractivity contribution in [3.05, 3.63) is 34.4 Å². The van der Waals surface area contributed by atoms with Crippen molar-refractivity contribution in [3.63, 3.8) is 0 Å². The van der Waals surface area contributed by atoms with Gasteiger partial charge in [0.2, 0.25) is 0 Å². The minimum atomic E-state index is 1.07. The molecule has 0 radical (unpaired) electrons. The molecule has 71 valence electrons. The third-order valence-electron chi connectivity index (χ3n) is 1.65.